The highest BCUT2D eigenvalue weighted by molar-refractivity contribution is 5.74. The summed E-state index contributed by atoms with van der Waals surface area (Å²) in [4.78, 5) is 51.1. The van der Waals surface area contributed by atoms with Gasteiger partial charge in [-0.1, -0.05) is 203 Å². The van der Waals surface area contributed by atoms with Crippen LogP contribution in [-0.2, 0) is 42.9 Å². The molecule has 6 unspecified atom stereocenters. The van der Waals surface area contributed by atoms with Crippen LogP contribution in [0.2, 0.25) is 0 Å². The Morgan fingerprint density at radius 3 is 1.05 bits per heavy atom. The Morgan fingerprint density at radius 1 is 0.407 bits per heavy atom. The summed E-state index contributed by atoms with van der Waals surface area (Å²) in [6.07, 6.45) is 70.2. The number of hydrogen-bond acceptors (Lipinski definition) is 11. The van der Waals surface area contributed by atoms with Crippen LogP contribution in [-0.4, -0.2) is 89.2 Å². The van der Waals surface area contributed by atoms with E-state index in [-0.39, 0.29) is 25.9 Å². The van der Waals surface area contributed by atoms with Crippen molar-refractivity contribution in [3.05, 3.63) is 182 Å². The third-order valence-corrected chi connectivity index (χ3v) is 12.0. The van der Waals surface area contributed by atoms with E-state index >= 15 is 0 Å². The van der Waals surface area contributed by atoms with Gasteiger partial charge in [-0.25, -0.2) is 4.79 Å². The molecule has 81 heavy (non-hydrogen) atoms. The van der Waals surface area contributed by atoms with Crippen molar-refractivity contribution in [1.29, 1.82) is 0 Å². The van der Waals surface area contributed by atoms with Gasteiger partial charge in [0.2, 0.25) is 0 Å². The largest absolute Gasteiger partial charge is 0.479 e. The van der Waals surface area contributed by atoms with Crippen molar-refractivity contribution in [3.63, 3.8) is 0 Å². The van der Waals surface area contributed by atoms with Crippen LogP contribution in [0.15, 0.2) is 182 Å². The van der Waals surface area contributed by atoms with Crippen LogP contribution >= 0.6 is 0 Å². The Labute approximate surface area is 487 Å². The molecule has 12 nitrogen and oxygen atoms in total. The average Bonchev–Trinajstić information content (AvgIpc) is 3.53. The molecule has 12 heteroatoms. The number of unbranched alkanes of at least 4 members (excludes halogenated alkanes) is 3. The highest BCUT2D eigenvalue weighted by Crippen LogP contribution is 2.26. The fraction of sp³-hybridized carbons (Fsp3) is 0.507. The van der Waals surface area contributed by atoms with Crippen molar-refractivity contribution in [3.8, 4) is 0 Å². The van der Waals surface area contributed by atoms with Crippen LogP contribution in [0.1, 0.15) is 175 Å². The highest BCUT2D eigenvalue weighted by atomic mass is 16.7. The monoisotopic (exact) mass is 1120 g/mol. The second-order valence-electron chi connectivity index (χ2n) is 19.1. The summed E-state index contributed by atoms with van der Waals surface area (Å²) in [5.41, 5.74) is 0. The number of carboxylic acid groups (broad SMARTS) is 1. The topological polar surface area (TPSA) is 175 Å². The zero-order valence-electron chi connectivity index (χ0n) is 49.2. The van der Waals surface area contributed by atoms with E-state index in [0.29, 0.717) is 38.5 Å². The number of esters is 3. The van der Waals surface area contributed by atoms with E-state index in [1.165, 1.54) is 0 Å². The fourth-order valence-electron chi connectivity index (χ4n) is 7.53. The highest BCUT2D eigenvalue weighted by Gasteiger charge is 2.50. The van der Waals surface area contributed by atoms with E-state index in [0.717, 1.165) is 96.3 Å². The van der Waals surface area contributed by atoms with Gasteiger partial charge in [-0.2, -0.15) is 0 Å². The number of aliphatic hydroxyl groups is 2. The molecule has 448 valence electrons. The first kappa shape index (κ1) is 72.8. The smallest absolute Gasteiger partial charge is 0.335 e. The summed E-state index contributed by atoms with van der Waals surface area (Å²) in [6.45, 7) is 5.50. The lowest BCUT2D eigenvalue weighted by atomic mass is 9.98. The quantitative estimate of drug-likeness (QED) is 0.0228. The van der Waals surface area contributed by atoms with Crippen LogP contribution in [0.5, 0.6) is 0 Å². The molecule has 0 aromatic rings. The Kier molecular flexibility index (Phi) is 48.9. The lowest BCUT2D eigenvalue weighted by molar-refractivity contribution is -0.301. The Morgan fingerprint density at radius 2 is 0.716 bits per heavy atom. The zero-order chi connectivity index (χ0) is 58.9. The number of carbonyl (C=O) groups is 4. The van der Waals surface area contributed by atoms with Crippen LogP contribution in [0, 0.1) is 0 Å². The summed E-state index contributed by atoms with van der Waals surface area (Å²) in [6, 6.07) is 0. The molecular formula is C69H100O12. The third kappa shape index (κ3) is 44.2. The van der Waals surface area contributed by atoms with E-state index in [1.54, 1.807) is 0 Å². The van der Waals surface area contributed by atoms with E-state index in [4.69, 9.17) is 23.7 Å². The maximum absolute atomic E-state index is 13.1. The number of hydrogen-bond donors (Lipinski definition) is 3. The number of aliphatic hydroxyl groups excluding tert-OH is 2. The molecule has 1 fully saturated rings. The van der Waals surface area contributed by atoms with Gasteiger partial charge in [0.1, 0.15) is 18.8 Å². The molecule has 1 heterocycles. The second-order valence-corrected chi connectivity index (χ2v) is 19.1. The standard InChI is InChI=1S/C69H100O12/c1-4-7-10-13-16-19-22-25-28-31-34-37-40-43-46-49-52-55-61(70)77-58-60(79-62(71)56-53-50-47-44-41-38-35-32-29-26-23-20-17-14-11-8-5-2)59-78-69-67(65(74)64(73)66(81-69)68(75)76)80-63(72)57-54-51-48-45-42-39-36-33-30-27-24-21-18-15-12-9-6-3/h7-12,16-21,25-30,34-39,43-48,60,64-67,69,73-74H,4-6,13-15,22-24,31-33,40-42,49-59H2,1-3H3,(H,75,76)/b10-7-,11-8-,12-9-,19-16-,20-17-,21-18-,28-25-,29-26-,30-27-,37-34-,38-35-,39-36-,46-43-,47-44-,48-45-. The fourth-order valence-corrected chi connectivity index (χ4v) is 7.53. The van der Waals surface area contributed by atoms with Gasteiger partial charge in [-0.05, 0) is 135 Å². The number of ether oxygens (including phenoxy) is 5. The second kappa shape index (κ2) is 54.4. The number of carboxylic acids is 1. The van der Waals surface area contributed by atoms with Gasteiger partial charge in [0.15, 0.2) is 24.6 Å². The van der Waals surface area contributed by atoms with Gasteiger partial charge in [0, 0.05) is 19.3 Å². The van der Waals surface area contributed by atoms with Gasteiger partial charge >= 0.3 is 23.9 Å². The predicted octanol–water partition coefficient (Wildman–Crippen LogP) is 15.7. The molecule has 0 aromatic heterocycles. The average molecular weight is 1120 g/mol. The summed E-state index contributed by atoms with van der Waals surface area (Å²) in [5, 5.41) is 31.5. The number of allylic oxidation sites excluding steroid dienone is 30. The van der Waals surface area contributed by atoms with Crippen molar-refractivity contribution >= 4 is 23.9 Å². The third-order valence-electron chi connectivity index (χ3n) is 12.0. The van der Waals surface area contributed by atoms with Crippen molar-refractivity contribution in [1.82, 2.24) is 0 Å². The minimum absolute atomic E-state index is 0.0421. The van der Waals surface area contributed by atoms with Gasteiger partial charge in [0.25, 0.3) is 0 Å². The molecule has 0 bridgehead atoms. The molecular weight excluding hydrogens is 1020 g/mol. The summed E-state index contributed by atoms with van der Waals surface area (Å²) >= 11 is 0. The molecule has 0 radical (unpaired) electrons. The van der Waals surface area contributed by atoms with Gasteiger partial charge in [-0.15, -0.1) is 0 Å². The number of carbonyl (C=O) groups excluding carboxylic acids is 3. The molecule has 0 saturated carbocycles. The first-order valence-corrected chi connectivity index (χ1v) is 29.8. The minimum atomic E-state index is -1.95. The number of aliphatic carboxylic acids is 1. The summed E-state index contributed by atoms with van der Waals surface area (Å²) in [5.74, 6) is -3.40. The SMILES string of the molecule is CC/C=C\C/C=C\C/C=C\C/C=C\C/C=C\CCCC(=O)OCC(COC1OC(C(=O)O)C(O)C(O)C1OC(=O)CCC/C=C\C/C=C\C/C=C\C/C=C\C/C=C\CC)OC(=O)CCC/C=C\C/C=C\C/C=C\C/C=C\C/C=C\CC. The molecule has 0 aromatic carbocycles. The molecule has 3 N–H and O–H groups in total. The lowest BCUT2D eigenvalue weighted by Gasteiger charge is -2.40. The minimum Gasteiger partial charge on any atom is -0.479 e. The van der Waals surface area contributed by atoms with Crippen LogP contribution in [0.4, 0.5) is 0 Å². The molecule has 1 saturated heterocycles. The van der Waals surface area contributed by atoms with Crippen LogP contribution in [0.25, 0.3) is 0 Å². The maximum Gasteiger partial charge on any atom is 0.335 e. The van der Waals surface area contributed by atoms with E-state index < -0.39 is 67.3 Å². The van der Waals surface area contributed by atoms with Crippen LogP contribution < -0.4 is 0 Å². The molecule has 0 spiro atoms. The first-order chi connectivity index (χ1) is 39.6. The number of rotatable bonds is 47. The van der Waals surface area contributed by atoms with Gasteiger partial charge < -0.3 is 39.0 Å². The van der Waals surface area contributed by atoms with E-state index in [2.05, 4.69) is 167 Å². The lowest BCUT2D eigenvalue weighted by Crippen LogP contribution is -2.61. The molecule has 0 amide bonds. The molecule has 1 aliphatic heterocycles. The summed E-state index contributed by atoms with van der Waals surface area (Å²) < 4.78 is 28.2. The Bertz CT molecular complexity index is 2110. The van der Waals surface area contributed by atoms with Crippen molar-refractivity contribution in [2.75, 3.05) is 13.2 Å². The molecule has 6 atom stereocenters. The Hall–Kier alpha value is -6.18. The van der Waals surface area contributed by atoms with Crippen molar-refractivity contribution < 1.29 is 58.2 Å². The van der Waals surface area contributed by atoms with Gasteiger partial charge in [-0.3, -0.25) is 14.4 Å². The van der Waals surface area contributed by atoms with E-state index in [1.807, 2.05) is 36.5 Å². The molecule has 0 aliphatic carbocycles. The van der Waals surface area contributed by atoms with Gasteiger partial charge in [0.05, 0.1) is 6.61 Å². The zero-order valence-corrected chi connectivity index (χ0v) is 49.2. The van der Waals surface area contributed by atoms with Crippen molar-refractivity contribution in [2.24, 2.45) is 0 Å². The van der Waals surface area contributed by atoms with E-state index in [9.17, 15) is 34.5 Å². The Balaban J connectivity index is 2.82. The molecule has 1 aliphatic rings. The van der Waals surface area contributed by atoms with Crippen molar-refractivity contribution in [2.45, 2.75) is 212 Å². The maximum atomic E-state index is 13.1. The summed E-state index contributed by atoms with van der Waals surface area (Å²) in [7, 11) is 0. The molecule has 1 rings (SSSR count). The van der Waals surface area contributed by atoms with Crippen LogP contribution in [0.3, 0.4) is 0 Å². The normalized spacial score (nSPS) is 19.0. The predicted molar refractivity (Wildman–Crippen MR) is 330 cm³/mol. The first-order valence-electron chi connectivity index (χ1n) is 29.8.